The van der Waals surface area contributed by atoms with Crippen LogP contribution in [0.2, 0.25) is 0 Å². The summed E-state index contributed by atoms with van der Waals surface area (Å²) in [5, 5.41) is 5.87. The highest BCUT2D eigenvalue weighted by Gasteiger charge is 2.18. The highest BCUT2D eigenvalue weighted by Crippen LogP contribution is 2.29. The molecule has 1 aromatic rings. The second-order valence-electron chi connectivity index (χ2n) is 5.06. The maximum Gasteiger partial charge on any atom is 0.239 e. The number of nitrogens with zero attached hydrogens (tertiary/aromatic N) is 3. The van der Waals surface area contributed by atoms with E-state index in [0.29, 0.717) is 13.2 Å². The molecule has 0 aliphatic heterocycles. The first-order valence-corrected chi connectivity index (χ1v) is 7.00. The van der Waals surface area contributed by atoms with Gasteiger partial charge >= 0.3 is 0 Å². The molecule has 0 aliphatic carbocycles. The zero-order valence-corrected chi connectivity index (χ0v) is 13.4. The number of nitrogens with one attached hydrogen (secondary N) is 2. The molecule has 0 atom stereocenters. The molecule has 0 saturated heterocycles. The molecule has 0 bridgehead atoms. The van der Waals surface area contributed by atoms with E-state index in [9.17, 15) is 4.79 Å². The third-order valence-corrected chi connectivity index (χ3v) is 3.05. The fraction of sp³-hybridized carbons (Fsp3) is 0.643. The molecule has 21 heavy (non-hydrogen) atoms. The lowest BCUT2D eigenvalue weighted by atomic mass is 10.0. The second kappa shape index (κ2) is 8.41. The van der Waals surface area contributed by atoms with E-state index < -0.39 is 0 Å². The summed E-state index contributed by atoms with van der Waals surface area (Å²) in [6.07, 6.45) is 1.51. The molecule has 1 heterocycles. The molecule has 0 radical (unpaired) electrons. The average Bonchev–Trinajstić information content (AvgIpc) is 2.46. The van der Waals surface area contributed by atoms with Crippen molar-refractivity contribution in [3.63, 3.8) is 0 Å². The number of anilines is 2. The Labute approximate surface area is 126 Å². The van der Waals surface area contributed by atoms with Crippen LogP contribution in [0.3, 0.4) is 0 Å². The SMILES string of the molecule is CNc1ncnc(N(C)CC(=O)NCCOC)c1C(C)C. The maximum atomic E-state index is 11.9. The van der Waals surface area contributed by atoms with Crippen molar-refractivity contribution in [1.29, 1.82) is 0 Å². The molecular weight excluding hydrogens is 270 g/mol. The molecule has 1 rings (SSSR count). The Kier molecular flexibility index (Phi) is 6.87. The van der Waals surface area contributed by atoms with Crippen molar-refractivity contribution < 1.29 is 9.53 Å². The summed E-state index contributed by atoms with van der Waals surface area (Å²) >= 11 is 0. The van der Waals surface area contributed by atoms with Gasteiger partial charge in [0.25, 0.3) is 0 Å². The molecular formula is C14H25N5O2. The summed E-state index contributed by atoms with van der Waals surface area (Å²) in [6.45, 7) is 5.41. The highest BCUT2D eigenvalue weighted by molar-refractivity contribution is 5.81. The average molecular weight is 295 g/mol. The molecule has 118 valence electrons. The van der Waals surface area contributed by atoms with Crippen LogP contribution in [0.5, 0.6) is 0 Å². The number of ether oxygens (including phenoxy) is 1. The monoisotopic (exact) mass is 295 g/mol. The van der Waals surface area contributed by atoms with Gasteiger partial charge in [0.05, 0.1) is 13.2 Å². The lowest BCUT2D eigenvalue weighted by Gasteiger charge is -2.23. The molecule has 0 aliphatic rings. The van der Waals surface area contributed by atoms with E-state index in [1.165, 1.54) is 6.33 Å². The number of rotatable bonds is 8. The number of hydrogen-bond acceptors (Lipinski definition) is 6. The minimum Gasteiger partial charge on any atom is -0.383 e. The van der Waals surface area contributed by atoms with Crippen molar-refractivity contribution in [2.75, 3.05) is 51.1 Å². The smallest absolute Gasteiger partial charge is 0.239 e. The minimum absolute atomic E-state index is 0.0612. The van der Waals surface area contributed by atoms with Gasteiger partial charge < -0.3 is 20.3 Å². The van der Waals surface area contributed by atoms with Gasteiger partial charge in [0, 0.05) is 33.3 Å². The van der Waals surface area contributed by atoms with Crippen LogP contribution in [0.15, 0.2) is 6.33 Å². The highest BCUT2D eigenvalue weighted by atomic mass is 16.5. The zero-order valence-electron chi connectivity index (χ0n) is 13.4. The summed E-state index contributed by atoms with van der Waals surface area (Å²) in [6, 6.07) is 0. The summed E-state index contributed by atoms with van der Waals surface area (Å²) in [5.41, 5.74) is 1.01. The molecule has 0 unspecified atom stereocenters. The molecule has 1 amide bonds. The fourth-order valence-electron chi connectivity index (χ4n) is 2.06. The van der Waals surface area contributed by atoms with Crippen LogP contribution in [-0.2, 0) is 9.53 Å². The first-order valence-electron chi connectivity index (χ1n) is 7.00. The molecule has 0 spiro atoms. The second-order valence-corrected chi connectivity index (χ2v) is 5.06. The third-order valence-electron chi connectivity index (χ3n) is 3.05. The van der Waals surface area contributed by atoms with Crippen molar-refractivity contribution in [2.45, 2.75) is 19.8 Å². The summed E-state index contributed by atoms with van der Waals surface area (Å²) < 4.78 is 4.91. The first kappa shape index (κ1) is 17.2. The maximum absolute atomic E-state index is 11.9. The van der Waals surface area contributed by atoms with Crippen molar-refractivity contribution in [1.82, 2.24) is 15.3 Å². The standard InChI is InChI=1S/C14H25N5O2/c1-10(2)12-13(15-3)17-9-18-14(12)19(4)8-11(20)16-6-7-21-5/h9-10H,6-8H2,1-5H3,(H,16,20)(H,15,17,18). The number of methoxy groups -OCH3 is 1. The summed E-state index contributed by atoms with van der Waals surface area (Å²) in [5.74, 6) is 1.75. The molecule has 1 aromatic heterocycles. The molecule has 7 heteroatoms. The van der Waals surface area contributed by atoms with Gasteiger partial charge in [-0.15, -0.1) is 0 Å². The van der Waals surface area contributed by atoms with E-state index in [4.69, 9.17) is 4.74 Å². The number of likely N-dealkylation sites (N-methyl/N-ethyl adjacent to an activating group) is 1. The summed E-state index contributed by atoms with van der Waals surface area (Å²) in [4.78, 5) is 22.3. The largest absolute Gasteiger partial charge is 0.383 e. The van der Waals surface area contributed by atoms with Crippen molar-refractivity contribution in [3.8, 4) is 0 Å². The van der Waals surface area contributed by atoms with Crippen LogP contribution < -0.4 is 15.5 Å². The predicted molar refractivity (Wildman–Crippen MR) is 83.8 cm³/mol. The van der Waals surface area contributed by atoms with Crippen LogP contribution >= 0.6 is 0 Å². The number of carbonyl (C=O) groups excluding carboxylic acids is 1. The lowest BCUT2D eigenvalue weighted by Crippen LogP contribution is -2.37. The number of aromatic nitrogens is 2. The van der Waals surface area contributed by atoms with Crippen LogP contribution in [0.1, 0.15) is 25.3 Å². The number of amides is 1. The van der Waals surface area contributed by atoms with E-state index in [-0.39, 0.29) is 18.4 Å². The number of hydrogen-bond donors (Lipinski definition) is 2. The Morgan fingerprint density at radius 2 is 2.14 bits per heavy atom. The topological polar surface area (TPSA) is 79.4 Å². The van der Waals surface area contributed by atoms with Gasteiger partial charge in [-0.1, -0.05) is 13.8 Å². The zero-order chi connectivity index (χ0) is 15.8. The van der Waals surface area contributed by atoms with Crippen molar-refractivity contribution in [3.05, 3.63) is 11.9 Å². The fourth-order valence-corrected chi connectivity index (χ4v) is 2.06. The van der Waals surface area contributed by atoms with Gasteiger partial charge in [0.2, 0.25) is 5.91 Å². The lowest BCUT2D eigenvalue weighted by molar-refractivity contribution is -0.119. The Morgan fingerprint density at radius 3 is 2.71 bits per heavy atom. The Hall–Kier alpha value is -1.89. The van der Waals surface area contributed by atoms with Gasteiger partial charge in [0.1, 0.15) is 18.0 Å². The minimum atomic E-state index is -0.0612. The van der Waals surface area contributed by atoms with Crippen LogP contribution in [-0.4, -0.2) is 56.8 Å². The van der Waals surface area contributed by atoms with Crippen LogP contribution in [0.25, 0.3) is 0 Å². The summed E-state index contributed by atoms with van der Waals surface area (Å²) in [7, 11) is 5.28. The van der Waals surface area contributed by atoms with E-state index in [2.05, 4.69) is 34.4 Å². The van der Waals surface area contributed by atoms with Crippen molar-refractivity contribution in [2.24, 2.45) is 0 Å². The van der Waals surface area contributed by atoms with Gasteiger partial charge in [-0.3, -0.25) is 4.79 Å². The normalized spacial score (nSPS) is 10.6. The van der Waals surface area contributed by atoms with Crippen molar-refractivity contribution >= 4 is 17.5 Å². The molecule has 7 nitrogen and oxygen atoms in total. The number of carbonyl (C=O) groups is 1. The van der Waals surface area contributed by atoms with E-state index >= 15 is 0 Å². The van der Waals surface area contributed by atoms with E-state index in [0.717, 1.165) is 17.2 Å². The quantitative estimate of drug-likeness (QED) is 0.692. The van der Waals surface area contributed by atoms with Gasteiger partial charge in [0.15, 0.2) is 0 Å². The van der Waals surface area contributed by atoms with Gasteiger partial charge in [-0.05, 0) is 5.92 Å². The Balaban J connectivity index is 2.82. The predicted octanol–water partition coefficient (Wildman–Crippen LogP) is 0.840. The molecule has 0 saturated carbocycles. The van der Waals surface area contributed by atoms with Gasteiger partial charge in [-0.25, -0.2) is 9.97 Å². The van der Waals surface area contributed by atoms with E-state index in [1.807, 2.05) is 19.0 Å². The third kappa shape index (κ3) is 4.86. The van der Waals surface area contributed by atoms with E-state index in [1.54, 1.807) is 7.11 Å². The molecule has 2 N–H and O–H groups in total. The van der Waals surface area contributed by atoms with Crippen LogP contribution in [0, 0.1) is 0 Å². The van der Waals surface area contributed by atoms with Crippen LogP contribution in [0.4, 0.5) is 11.6 Å². The Bertz CT molecular complexity index is 465. The van der Waals surface area contributed by atoms with Gasteiger partial charge in [-0.2, -0.15) is 0 Å². The Morgan fingerprint density at radius 1 is 1.43 bits per heavy atom. The first-order chi connectivity index (χ1) is 10.0. The molecule has 0 fully saturated rings. The molecule has 0 aromatic carbocycles.